The van der Waals surface area contributed by atoms with E-state index in [1.165, 1.54) is 5.56 Å². The molecule has 2 aromatic carbocycles. The summed E-state index contributed by atoms with van der Waals surface area (Å²) in [6.07, 6.45) is 0.743. The Morgan fingerprint density at radius 3 is 2.32 bits per heavy atom. The lowest BCUT2D eigenvalue weighted by molar-refractivity contribution is -0.114. The van der Waals surface area contributed by atoms with Crippen molar-refractivity contribution in [2.24, 2.45) is 0 Å². The molecule has 0 saturated carbocycles. The van der Waals surface area contributed by atoms with Crippen molar-refractivity contribution in [3.05, 3.63) is 70.3 Å². The monoisotopic (exact) mass is 367 g/mol. The van der Waals surface area contributed by atoms with E-state index in [-0.39, 0.29) is 22.5 Å². The van der Waals surface area contributed by atoms with Crippen LogP contribution in [0, 0.1) is 29.6 Å². The summed E-state index contributed by atoms with van der Waals surface area (Å²) in [4.78, 5) is 15.2. The molecule has 0 unspecified atom stereocenters. The molecule has 4 heteroatoms. The summed E-state index contributed by atoms with van der Waals surface area (Å²) >= 11 is 0. The average molecular weight is 367 g/mol. The summed E-state index contributed by atoms with van der Waals surface area (Å²) in [5, 5.41) is 18.9. The van der Waals surface area contributed by atoms with Crippen LogP contribution in [0.15, 0.2) is 48.0 Å². The third kappa shape index (κ3) is 2.25. The van der Waals surface area contributed by atoms with Crippen molar-refractivity contribution in [3.8, 4) is 12.1 Å². The van der Waals surface area contributed by atoms with Crippen LogP contribution in [0.25, 0.3) is 5.57 Å². The first-order valence-electron chi connectivity index (χ1n) is 9.34. The van der Waals surface area contributed by atoms with Crippen molar-refractivity contribution in [2.75, 3.05) is 4.90 Å². The van der Waals surface area contributed by atoms with E-state index in [0.717, 1.165) is 23.2 Å². The largest absolute Gasteiger partial charge is 0.302 e. The lowest BCUT2D eigenvalue weighted by atomic mass is 9.65. The summed E-state index contributed by atoms with van der Waals surface area (Å²) in [6.45, 7) is 8.32. The Balaban J connectivity index is 2.13. The highest BCUT2D eigenvalue weighted by Crippen LogP contribution is 2.56. The van der Waals surface area contributed by atoms with E-state index < -0.39 is 5.54 Å². The molecule has 2 heterocycles. The van der Waals surface area contributed by atoms with Crippen LogP contribution >= 0.6 is 0 Å². The molecular weight excluding hydrogens is 346 g/mol. The number of amides is 1. The molecular formula is C24H21N3O. The summed E-state index contributed by atoms with van der Waals surface area (Å²) in [5.41, 5.74) is 4.19. The fraction of sp³-hybridized carbons (Fsp3) is 0.292. The predicted octanol–water partition coefficient (Wildman–Crippen LogP) is 4.63. The van der Waals surface area contributed by atoms with Crippen LogP contribution in [0.5, 0.6) is 0 Å². The highest BCUT2D eigenvalue weighted by atomic mass is 16.2. The molecule has 0 bridgehead atoms. The minimum Gasteiger partial charge on any atom is -0.302 e. The Hall–Kier alpha value is -3.37. The number of nitriles is 2. The molecule has 138 valence electrons. The molecule has 0 radical (unpaired) electrons. The molecule has 0 N–H and O–H groups in total. The van der Waals surface area contributed by atoms with Gasteiger partial charge in [0.15, 0.2) is 0 Å². The zero-order chi connectivity index (χ0) is 20.3. The fourth-order valence-corrected chi connectivity index (χ4v) is 5.02. The molecule has 2 aliphatic heterocycles. The van der Waals surface area contributed by atoms with E-state index in [2.05, 4.69) is 39.0 Å². The van der Waals surface area contributed by atoms with Crippen LogP contribution in [0.4, 0.5) is 5.69 Å². The fourth-order valence-electron chi connectivity index (χ4n) is 5.02. The molecule has 1 atom stereocenters. The highest BCUT2D eigenvalue weighted by Gasteiger charge is 2.53. The summed E-state index contributed by atoms with van der Waals surface area (Å²) in [7, 11) is 0. The van der Waals surface area contributed by atoms with Gasteiger partial charge in [-0.15, -0.1) is 0 Å². The number of nitrogens with zero attached hydrogens (tertiary/aromatic N) is 3. The summed E-state index contributed by atoms with van der Waals surface area (Å²) in [5.74, 6) is -0.250. The van der Waals surface area contributed by atoms with Gasteiger partial charge >= 0.3 is 0 Å². The summed E-state index contributed by atoms with van der Waals surface area (Å²) < 4.78 is 0. The maximum atomic E-state index is 13.4. The van der Waals surface area contributed by atoms with Gasteiger partial charge in [-0.1, -0.05) is 48.9 Å². The number of hydrogen-bond donors (Lipinski definition) is 0. The quantitative estimate of drug-likeness (QED) is 0.545. The zero-order valence-corrected chi connectivity index (χ0v) is 16.5. The van der Waals surface area contributed by atoms with Gasteiger partial charge in [0, 0.05) is 16.5 Å². The maximum absolute atomic E-state index is 13.4. The first kappa shape index (κ1) is 18.0. The lowest BCUT2D eigenvalue weighted by Gasteiger charge is -2.50. The van der Waals surface area contributed by atoms with Crippen molar-refractivity contribution < 1.29 is 4.79 Å². The Kier molecular flexibility index (Phi) is 3.74. The Morgan fingerprint density at radius 2 is 1.71 bits per heavy atom. The number of carbonyl (C=O) groups excluding carboxylic acids is 1. The standard InChI is InChI=1S/C24H21N3O/c1-15-10-18-20(16(12-25)13-26)22(28)27-21(18)19(11-15)24(4,14-23(27,2)3)17-8-6-5-7-9-17/h5-11H,14H2,1-4H3/t24-/m0/s1. The highest BCUT2D eigenvalue weighted by molar-refractivity contribution is 6.35. The third-order valence-corrected chi connectivity index (χ3v) is 6.03. The Morgan fingerprint density at radius 1 is 1.07 bits per heavy atom. The number of rotatable bonds is 1. The van der Waals surface area contributed by atoms with Crippen LogP contribution < -0.4 is 4.90 Å². The molecule has 2 aliphatic rings. The predicted molar refractivity (Wildman–Crippen MR) is 108 cm³/mol. The van der Waals surface area contributed by atoms with Gasteiger partial charge in [-0.25, -0.2) is 0 Å². The SMILES string of the molecule is Cc1cc2c3c(c1)[C@](C)(c1ccccc1)CC(C)(C)N3C(=O)C2=C(C#N)C#N. The second-order valence-electron chi connectivity index (χ2n) is 8.51. The number of aryl methyl sites for hydroxylation is 1. The molecule has 1 amide bonds. The first-order chi connectivity index (χ1) is 13.2. The molecule has 0 aromatic heterocycles. The number of allylic oxidation sites excluding steroid dienone is 1. The minimum absolute atomic E-state index is 0.121. The molecule has 28 heavy (non-hydrogen) atoms. The zero-order valence-electron chi connectivity index (χ0n) is 16.5. The maximum Gasteiger partial charge on any atom is 0.261 e. The van der Waals surface area contributed by atoms with Crippen molar-refractivity contribution in [1.29, 1.82) is 10.5 Å². The van der Waals surface area contributed by atoms with Gasteiger partial charge in [0.25, 0.3) is 5.91 Å². The second kappa shape index (κ2) is 5.81. The number of anilines is 1. The van der Waals surface area contributed by atoms with E-state index in [4.69, 9.17) is 0 Å². The minimum atomic E-state index is -0.462. The lowest BCUT2D eigenvalue weighted by Crippen LogP contribution is -2.54. The van der Waals surface area contributed by atoms with E-state index >= 15 is 0 Å². The Bertz CT molecular complexity index is 1110. The number of benzene rings is 2. The smallest absolute Gasteiger partial charge is 0.261 e. The molecule has 0 fully saturated rings. The topological polar surface area (TPSA) is 67.9 Å². The van der Waals surface area contributed by atoms with E-state index in [1.54, 1.807) is 4.90 Å². The summed E-state index contributed by atoms with van der Waals surface area (Å²) in [6, 6.07) is 18.2. The van der Waals surface area contributed by atoms with Crippen LogP contribution in [0.2, 0.25) is 0 Å². The van der Waals surface area contributed by atoms with Gasteiger partial charge in [-0.2, -0.15) is 10.5 Å². The molecule has 2 aromatic rings. The van der Waals surface area contributed by atoms with Crippen molar-refractivity contribution >= 4 is 17.2 Å². The number of hydrogen-bond acceptors (Lipinski definition) is 3. The first-order valence-corrected chi connectivity index (χ1v) is 9.34. The van der Waals surface area contributed by atoms with E-state index in [9.17, 15) is 15.3 Å². The van der Waals surface area contributed by atoms with Crippen LogP contribution in [-0.4, -0.2) is 11.4 Å². The normalized spacial score (nSPS) is 21.7. The van der Waals surface area contributed by atoms with E-state index in [1.807, 2.05) is 43.3 Å². The van der Waals surface area contributed by atoms with E-state index in [0.29, 0.717) is 5.56 Å². The van der Waals surface area contributed by atoms with Crippen molar-refractivity contribution in [1.82, 2.24) is 0 Å². The van der Waals surface area contributed by atoms with Gasteiger partial charge in [0.2, 0.25) is 0 Å². The number of carbonyl (C=O) groups is 1. The molecule has 0 spiro atoms. The van der Waals surface area contributed by atoms with Gasteiger partial charge in [0.1, 0.15) is 17.7 Å². The third-order valence-electron chi connectivity index (χ3n) is 6.03. The van der Waals surface area contributed by atoms with Crippen LogP contribution in [0.1, 0.15) is 49.4 Å². The van der Waals surface area contributed by atoms with Gasteiger partial charge in [-0.05, 0) is 44.4 Å². The molecule has 0 saturated heterocycles. The van der Waals surface area contributed by atoms with Gasteiger partial charge in [0.05, 0.1) is 11.3 Å². The second-order valence-corrected chi connectivity index (χ2v) is 8.51. The average Bonchev–Trinajstić information content (AvgIpc) is 2.95. The van der Waals surface area contributed by atoms with Crippen LogP contribution in [-0.2, 0) is 10.2 Å². The van der Waals surface area contributed by atoms with Gasteiger partial charge in [-0.3, -0.25) is 4.79 Å². The molecule has 0 aliphatic carbocycles. The molecule has 4 rings (SSSR count). The Labute approximate surface area is 165 Å². The van der Waals surface area contributed by atoms with Crippen molar-refractivity contribution in [2.45, 2.75) is 45.1 Å². The molecule has 4 nitrogen and oxygen atoms in total. The van der Waals surface area contributed by atoms with Crippen molar-refractivity contribution in [3.63, 3.8) is 0 Å². The van der Waals surface area contributed by atoms with Gasteiger partial charge < -0.3 is 4.90 Å². The van der Waals surface area contributed by atoms with Crippen LogP contribution in [0.3, 0.4) is 0 Å².